The normalized spacial score (nSPS) is 17.9. The van der Waals surface area contributed by atoms with Crippen molar-refractivity contribution in [2.24, 2.45) is 5.92 Å². The zero-order valence-electron chi connectivity index (χ0n) is 14.8. The predicted molar refractivity (Wildman–Crippen MR) is 103 cm³/mol. The van der Waals surface area contributed by atoms with Crippen LogP contribution in [0.25, 0.3) is 0 Å². The molecule has 0 aliphatic carbocycles. The molecule has 2 amide bonds. The van der Waals surface area contributed by atoms with Gasteiger partial charge in [-0.05, 0) is 55.0 Å². The Kier molecular flexibility index (Phi) is 5.46. The highest BCUT2D eigenvalue weighted by Crippen LogP contribution is 2.21. The summed E-state index contributed by atoms with van der Waals surface area (Å²) in [5, 5.41) is 5.48. The number of benzene rings is 2. The van der Waals surface area contributed by atoms with Gasteiger partial charge in [0.25, 0.3) is 5.91 Å². The summed E-state index contributed by atoms with van der Waals surface area (Å²) in [6.07, 6.45) is 0.344. The van der Waals surface area contributed by atoms with Crippen molar-refractivity contribution >= 4 is 33.0 Å². The SMILES string of the molecule is COc1ccc(NC(=O)c2ccc(NC(=O)[C@H]3CCS(=O)(=O)C3)cc2)cc1. The van der Waals surface area contributed by atoms with Gasteiger partial charge in [0, 0.05) is 16.9 Å². The van der Waals surface area contributed by atoms with Gasteiger partial charge >= 0.3 is 0 Å². The molecular weight excluding hydrogens is 368 g/mol. The third-order valence-electron chi connectivity index (χ3n) is 4.37. The first-order chi connectivity index (χ1) is 12.9. The number of anilines is 2. The second kappa shape index (κ2) is 7.79. The Bertz CT molecular complexity index is 937. The van der Waals surface area contributed by atoms with Crippen molar-refractivity contribution in [3.63, 3.8) is 0 Å². The molecule has 142 valence electrons. The number of hydrogen-bond acceptors (Lipinski definition) is 5. The zero-order chi connectivity index (χ0) is 19.4. The van der Waals surface area contributed by atoms with E-state index in [4.69, 9.17) is 4.74 Å². The van der Waals surface area contributed by atoms with Crippen LogP contribution < -0.4 is 15.4 Å². The Hall–Kier alpha value is -2.87. The lowest BCUT2D eigenvalue weighted by Crippen LogP contribution is -2.23. The predicted octanol–water partition coefficient (Wildman–Crippen LogP) is 2.32. The number of carbonyl (C=O) groups is 2. The summed E-state index contributed by atoms with van der Waals surface area (Å²) >= 11 is 0. The standard InChI is InChI=1S/C19H20N2O5S/c1-26-17-8-6-16(7-9-17)20-18(22)13-2-4-15(5-3-13)21-19(23)14-10-11-27(24,25)12-14/h2-9,14H,10-12H2,1H3,(H,20,22)(H,21,23)/t14-/m0/s1. The van der Waals surface area contributed by atoms with Crippen LogP contribution in [-0.2, 0) is 14.6 Å². The highest BCUT2D eigenvalue weighted by molar-refractivity contribution is 7.91. The molecule has 0 spiro atoms. The van der Waals surface area contributed by atoms with Crippen LogP contribution in [0.2, 0.25) is 0 Å². The first-order valence-electron chi connectivity index (χ1n) is 8.43. The van der Waals surface area contributed by atoms with E-state index in [9.17, 15) is 18.0 Å². The van der Waals surface area contributed by atoms with Gasteiger partial charge in [0.2, 0.25) is 5.91 Å². The Morgan fingerprint density at radius 1 is 0.963 bits per heavy atom. The third-order valence-corrected chi connectivity index (χ3v) is 6.13. The summed E-state index contributed by atoms with van der Waals surface area (Å²) in [5.74, 6) is -0.473. The molecule has 2 N–H and O–H groups in total. The van der Waals surface area contributed by atoms with Crippen molar-refractivity contribution in [1.29, 1.82) is 0 Å². The fourth-order valence-electron chi connectivity index (χ4n) is 2.83. The molecule has 0 saturated carbocycles. The Morgan fingerprint density at radius 3 is 2.11 bits per heavy atom. The fourth-order valence-corrected chi connectivity index (χ4v) is 4.57. The van der Waals surface area contributed by atoms with Crippen LogP contribution in [0.15, 0.2) is 48.5 Å². The molecule has 1 atom stereocenters. The molecule has 1 heterocycles. The molecule has 2 aromatic rings. The van der Waals surface area contributed by atoms with Gasteiger partial charge < -0.3 is 15.4 Å². The molecule has 0 radical (unpaired) electrons. The minimum Gasteiger partial charge on any atom is -0.497 e. The van der Waals surface area contributed by atoms with Crippen LogP contribution >= 0.6 is 0 Å². The van der Waals surface area contributed by atoms with E-state index in [-0.39, 0.29) is 23.3 Å². The molecule has 0 unspecified atom stereocenters. The molecular formula is C19H20N2O5S. The van der Waals surface area contributed by atoms with Crippen LogP contribution in [0.4, 0.5) is 11.4 Å². The number of nitrogens with one attached hydrogen (secondary N) is 2. The van der Waals surface area contributed by atoms with Crippen LogP contribution in [-0.4, -0.2) is 38.8 Å². The fraction of sp³-hybridized carbons (Fsp3) is 0.263. The molecule has 7 nitrogen and oxygen atoms in total. The average molecular weight is 388 g/mol. The van der Waals surface area contributed by atoms with Crippen molar-refractivity contribution in [1.82, 2.24) is 0 Å². The molecule has 2 aromatic carbocycles. The number of rotatable bonds is 5. The molecule has 1 aliphatic rings. The van der Waals surface area contributed by atoms with Crippen LogP contribution in [0.5, 0.6) is 5.75 Å². The maximum atomic E-state index is 12.3. The molecule has 8 heteroatoms. The first kappa shape index (κ1) is 18.9. The Labute approximate surface area is 157 Å². The van der Waals surface area contributed by atoms with Crippen molar-refractivity contribution in [2.45, 2.75) is 6.42 Å². The lowest BCUT2D eigenvalue weighted by Gasteiger charge is -2.10. The lowest BCUT2D eigenvalue weighted by molar-refractivity contribution is -0.119. The van der Waals surface area contributed by atoms with E-state index in [0.29, 0.717) is 29.1 Å². The highest BCUT2D eigenvalue weighted by atomic mass is 32.2. The number of carbonyl (C=O) groups excluding carboxylic acids is 2. The van der Waals surface area contributed by atoms with E-state index in [1.165, 1.54) is 0 Å². The largest absolute Gasteiger partial charge is 0.497 e. The number of amides is 2. The van der Waals surface area contributed by atoms with Gasteiger partial charge in [0.1, 0.15) is 5.75 Å². The van der Waals surface area contributed by atoms with E-state index >= 15 is 0 Å². The summed E-state index contributed by atoms with van der Waals surface area (Å²) in [4.78, 5) is 24.4. The first-order valence-corrected chi connectivity index (χ1v) is 10.3. The maximum Gasteiger partial charge on any atom is 0.255 e. The van der Waals surface area contributed by atoms with E-state index in [0.717, 1.165) is 0 Å². The molecule has 0 bridgehead atoms. The van der Waals surface area contributed by atoms with E-state index in [1.54, 1.807) is 55.6 Å². The zero-order valence-corrected chi connectivity index (χ0v) is 15.6. The average Bonchev–Trinajstić information content (AvgIpc) is 3.03. The highest BCUT2D eigenvalue weighted by Gasteiger charge is 2.32. The van der Waals surface area contributed by atoms with Gasteiger partial charge in [-0.25, -0.2) is 8.42 Å². The van der Waals surface area contributed by atoms with Crippen LogP contribution in [0, 0.1) is 5.92 Å². The topological polar surface area (TPSA) is 102 Å². The minimum absolute atomic E-state index is 0.0511. The summed E-state index contributed by atoms with van der Waals surface area (Å²) in [5.41, 5.74) is 1.60. The van der Waals surface area contributed by atoms with Crippen LogP contribution in [0.1, 0.15) is 16.8 Å². The lowest BCUT2D eigenvalue weighted by atomic mass is 10.1. The number of sulfone groups is 1. The second-order valence-electron chi connectivity index (χ2n) is 6.35. The third kappa shape index (κ3) is 4.85. The summed E-state index contributed by atoms with van der Waals surface area (Å²) in [6.45, 7) is 0. The van der Waals surface area contributed by atoms with E-state index in [1.807, 2.05) is 0 Å². The van der Waals surface area contributed by atoms with Crippen molar-refractivity contribution < 1.29 is 22.7 Å². The second-order valence-corrected chi connectivity index (χ2v) is 8.58. The maximum absolute atomic E-state index is 12.3. The van der Waals surface area contributed by atoms with Crippen LogP contribution in [0.3, 0.4) is 0 Å². The van der Waals surface area contributed by atoms with Gasteiger partial charge in [-0.15, -0.1) is 0 Å². The van der Waals surface area contributed by atoms with Gasteiger partial charge in [-0.3, -0.25) is 9.59 Å². The minimum atomic E-state index is -3.11. The van der Waals surface area contributed by atoms with Gasteiger partial charge in [0.05, 0.1) is 24.5 Å². The van der Waals surface area contributed by atoms with Crippen molar-refractivity contribution in [2.75, 3.05) is 29.2 Å². The van der Waals surface area contributed by atoms with Crippen molar-refractivity contribution in [3.8, 4) is 5.75 Å². The van der Waals surface area contributed by atoms with E-state index < -0.39 is 15.8 Å². The number of ether oxygens (including phenoxy) is 1. The van der Waals surface area contributed by atoms with Crippen molar-refractivity contribution in [3.05, 3.63) is 54.1 Å². The quantitative estimate of drug-likeness (QED) is 0.819. The molecule has 27 heavy (non-hydrogen) atoms. The summed E-state index contributed by atoms with van der Waals surface area (Å²) in [7, 11) is -1.54. The van der Waals surface area contributed by atoms with Gasteiger partial charge in [0.15, 0.2) is 9.84 Å². The summed E-state index contributed by atoms with van der Waals surface area (Å²) < 4.78 is 28.0. The number of hydrogen-bond donors (Lipinski definition) is 2. The van der Waals surface area contributed by atoms with E-state index in [2.05, 4.69) is 10.6 Å². The summed E-state index contributed by atoms with van der Waals surface area (Å²) in [6, 6.07) is 13.4. The molecule has 1 aliphatic heterocycles. The number of methoxy groups -OCH3 is 1. The monoisotopic (exact) mass is 388 g/mol. The van der Waals surface area contributed by atoms with Gasteiger partial charge in [-0.1, -0.05) is 0 Å². The molecule has 1 fully saturated rings. The molecule has 1 saturated heterocycles. The van der Waals surface area contributed by atoms with Gasteiger partial charge in [-0.2, -0.15) is 0 Å². The Morgan fingerprint density at radius 2 is 1.56 bits per heavy atom. The molecule has 3 rings (SSSR count). The molecule has 0 aromatic heterocycles. The smallest absolute Gasteiger partial charge is 0.255 e. The Balaban J connectivity index is 1.59.